The maximum absolute atomic E-state index is 12.2. The van der Waals surface area contributed by atoms with Crippen LogP contribution < -0.4 is 5.32 Å². The smallest absolute Gasteiger partial charge is 0.236 e. The molecule has 0 spiro atoms. The number of hydrogen-bond donors (Lipinski definition) is 1. The second-order valence-electron chi connectivity index (χ2n) is 6.28. The molecule has 1 saturated carbocycles. The Morgan fingerprint density at radius 1 is 1.14 bits per heavy atom. The molecule has 1 aliphatic carbocycles. The second-order valence-corrected chi connectivity index (χ2v) is 6.28. The van der Waals surface area contributed by atoms with E-state index in [2.05, 4.69) is 10.2 Å². The lowest BCUT2D eigenvalue weighted by Gasteiger charge is -2.22. The molecule has 0 aromatic heterocycles. The number of hydrogen-bond acceptors (Lipinski definition) is 4. The lowest BCUT2D eigenvalue weighted by Crippen LogP contribution is -2.40. The van der Waals surface area contributed by atoms with E-state index in [0.29, 0.717) is 19.0 Å². The van der Waals surface area contributed by atoms with E-state index >= 15 is 0 Å². The molecule has 6 heteroatoms. The van der Waals surface area contributed by atoms with Crippen molar-refractivity contribution in [2.75, 3.05) is 53.4 Å². The molecule has 1 aliphatic heterocycles. The second kappa shape index (κ2) is 7.75. The lowest BCUT2D eigenvalue weighted by molar-refractivity contribution is -0.130. The van der Waals surface area contributed by atoms with Crippen LogP contribution in [0, 0.1) is 0 Å². The van der Waals surface area contributed by atoms with Crippen LogP contribution in [0.1, 0.15) is 25.7 Å². The predicted molar refractivity (Wildman–Crippen MR) is 82.0 cm³/mol. The zero-order chi connectivity index (χ0) is 15.2. The Morgan fingerprint density at radius 2 is 1.90 bits per heavy atom. The van der Waals surface area contributed by atoms with Gasteiger partial charge in [-0.3, -0.25) is 14.5 Å². The summed E-state index contributed by atoms with van der Waals surface area (Å²) in [5, 5.41) is 3.38. The monoisotopic (exact) mass is 296 g/mol. The minimum atomic E-state index is 0.128. The van der Waals surface area contributed by atoms with Crippen LogP contribution in [0.25, 0.3) is 0 Å². The van der Waals surface area contributed by atoms with Gasteiger partial charge in [0.1, 0.15) is 0 Å². The van der Waals surface area contributed by atoms with Crippen LogP contribution in [0.15, 0.2) is 0 Å². The number of amides is 2. The van der Waals surface area contributed by atoms with Crippen molar-refractivity contribution in [1.82, 2.24) is 20.0 Å². The molecule has 1 heterocycles. The van der Waals surface area contributed by atoms with Crippen molar-refractivity contribution in [2.45, 2.75) is 31.7 Å². The van der Waals surface area contributed by atoms with Gasteiger partial charge in [0, 0.05) is 59.3 Å². The average molecular weight is 296 g/mol. The molecule has 1 saturated heterocycles. The molecule has 0 unspecified atom stereocenters. The summed E-state index contributed by atoms with van der Waals surface area (Å²) in [4.78, 5) is 29.7. The molecule has 21 heavy (non-hydrogen) atoms. The SMILES string of the molecule is CN(C)C(=O)CN1CCCN(C(=O)CCNC2CC2)CC1. The van der Waals surface area contributed by atoms with Crippen molar-refractivity contribution in [3.05, 3.63) is 0 Å². The van der Waals surface area contributed by atoms with Crippen molar-refractivity contribution in [3.63, 3.8) is 0 Å². The third-order valence-electron chi connectivity index (χ3n) is 4.15. The molecule has 2 aliphatic rings. The molecule has 0 radical (unpaired) electrons. The van der Waals surface area contributed by atoms with E-state index in [1.54, 1.807) is 19.0 Å². The molecular weight excluding hydrogens is 268 g/mol. The maximum Gasteiger partial charge on any atom is 0.236 e. The summed E-state index contributed by atoms with van der Waals surface area (Å²) in [6.45, 7) is 4.49. The Bertz CT molecular complexity index is 369. The number of nitrogens with zero attached hydrogens (tertiary/aromatic N) is 3. The third-order valence-corrected chi connectivity index (χ3v) is 4.15. The number of rotatable bonds is 6. The molecule has 2 rings (SSSR count). The van der Waals surface area contributed by atoms with Gasteiger partial charge < -0.3 is 15.1 Å². The summed E-state index contributed by atoms with van der Waals surface area (Å²) in [5.41, 5.74) is 0. The predicted octanol–water partition coefficient (Wildman–Crippen LogP) is -0.249. The number of carbonyl (C=O) groups excluding carboxylic acids is 2. The highest BCUT2D eigenvalue weighted by Crippen LogP contribution is 2.18. The van der Waals surface area contributed by atoms with Gasteiger partial charge >= 0.3 is 0 Å². The van der Waals surface area contributed by atoms with Crippen molar-refractivity contribution in [1.29, 1.82) is 0 Å². The zero-order valence-electron chi connectivity index (χ0n) is 13.3. The van der Waals surface area contributed by atoms with Gasteiger partial charge in [-0.05, 0) is 19.3 Å². The van der Waals surface area contributed by atoms with Crippen molar-refractivity contribution < 1.29 is 9.59 Å². The molecule has 120 valence electrons. The number of likely N-dealkylation sites (N-methyl/N-ethyl adjacent to an activating group) is 1. The van der Waals surface area contributed by atoms with E-state index in [9.17, 15) is 9.59 Å². The Morgan fingerprint density at radius 3 is 2.57 bits per heavy atom. The van der Waals surface area contributed by atoms with Gasteiger partial charge in [-0.1, -0.05) is 0 Å². The van der Waals surface area contributed by atoms with Gasteiger partial charge in [0.05, 0.1) is 6.54 Å². The highest BCUT2D eigenvalue weighted by Gasteiger charge is 2.23. The van der Waals surface area contributed by atoms with Crippen LogP contribution in [0.3, 0.4) is 0 Å². The molecule has 0 aromatic carbocycles. The van der Waals surface area contributed by atoms with Crippen LogP contribution in [-0.2, 0) is 9.59 Å². The fourth-order valence-corrected chi connectivity index (χ4v) is 2.54. The zero-order valence-corrected chi connectivity index (χ0v) is 13.3. The lowest BCUT2D eigenvalue weighted by atomic mass is 10.3. The maximum atomic E-state index is 12.2. The first-order valence-corrected chi connectivity index (χ1v) is 8.00. The van der Waals surface area contributed by atoms with Gasteiger partial charge in [0.25, 0.3) is 0 Å². The number of carbonyl (C=O) groups is 2. The normalized spacial score (nSPS) is 20.2. The summed E-state index contributed by atoms with van der Waals surface area (Å²) in [6, 6.07) is 0.662. The van der Waals surface area contributed by atoms with Gasteiger partial charge in [-0.25, -0.2) is 0 Å². The number of nitrogens with one attached hydrogen (secondary N) is 1. The van der Waals surface area contributed by atoms with Gasteiger partial charge in [0.15, 0.2) is 0 Å². The minimum Gasteiger partial charge on any atom is -0.348 e. The molecular formula is C15H28N4O2. The van der Waals surface area contributed by atoms with E-state index in [1.165, 1.54) is 12.8 Å². The van der Waals surface area contributed by atoms with Crippen LogP contribution in [0.5, 0.6) is 0 Å². The highest BCUT2D eigenvalue weighted by atomic mass is 16.2. The van der Waals surface area contributed by atoms with Crippen LogP contribution in [0.4, 0.5) is 0 Å². The summed E-state index contributed by atoms with van der Waals surface area (Å²) in [7, 11) is 3.56. The summed E-state index contributed by atoms with van der Waals surface area (Å²) < 4.78 is 0. The standard InChI is InChI=1S/C15H28N4O2/c1-17(2)15(21)12-18-8-3-9-19(11-10-18)14(20)6-7-16-13-4-5-13/h13,16H,3-12H2,1-2H3. The Labute approximate surface area is 127 Å². The van der Waals surface area contributed by atoms with Gasteiger partial charge in [0.2, 0.25) is 11.8 Å². The van der Waals surface area contributed by atoms with E-state index in [4.69, 9.17) is 0 Å². The van der Waals surface area contributed by atoms with E-state index in [0.717, 1.165) is 39.1 Å². The molecule has 0 atom stereocenters. The van der Waals surface area contributed by atoms with Gasteiger partial charge in [-0.15, -0.1) is 0 Å². The third kappa shape index (κ3) is 5.63. The van der Waals surface area contributed by atoms with Crippen molar-refractivity contribution >= 4 is 11.8 Å². The van der Waals surface area contributed by atoms with E-state index < -0.39 is 0 Å². The van der Waals surface area contributed by atoms with E-state index in [-0.39, 0.29) is 11.8 Å². The van der Waals surface area contributed by atoms with Crippen LogP contribution >= 0.6 is 0 Å². The Hall–Kier alpha value is -1.14. The van der Waals surface area contributed by atoms with Crippen LogP contribution in [-0.4, -0.2) is 85.9 Å². The Kier molecular flexibility index (Phi) is 5.99. The van der Waals surface area contributed by atoms with Gasteiger partial charge in [-0.2, -0.15) is 0 Å². The molecule has 1 N–H and O–H groups in total. The first-order chi connectivity index (χ1) is 10.1. The molecule has 0 bridgehead atoms. The van der Waals surface area contributed by atoms with Crippen molar-refractivity contribution in [3.8, 4) is 0 Å². The van der Waals surface area contributed by atoms with Crippen LogP contribution in [0.2, 0.25) is 0 Å². The molecule has 0 aromatic rings. The first kappa shape index (κ1) is 16.2. The Balaban J connectivity index is 1.69. The molecule has 6 nitrogen and oxygen atoms in total. The topological polar surface area (TPSA) is 55.9 Å². The quantitative estimate of drug-likeness (QED) is 0.734. The molecule has 2 fully saturated rings. The van der Waals surface area contributed by atoms with E-state index in [1.807, 2.05) is 4.90 Å². The fourth-order valence-electron chi connectivity index (χ4n) is 2.54. The summed E-state index contributed by atoms with van der Waals surface area (Å²) in [6.07, 6.45) is 4.05. The largest absolute Gasteiger partial charge is 0.348 e. The van der Waals surface area contributed by atoms with Crippen molar-refractivity contribution in [2.24, 2.45) is 0 Å². The summed E-state index contributed by atoms with van der Waals surface area (Å²) in [5.74, 6) is 0.368. The molecule has 2 amide bonds. The summed E-state index contributed by atoms with van der Waals surface area (Å²) >= 11 is 0. The highest BCUT2D eigenvalue weighted by molar-refractivity contribution is 5.78. The fraction of sp³-hybridized carbons (Fsp3) is 0.867. The minimum absolute atomic E-state index is 0.128. The first-order valence-electron chi connectivity index (χ1n) is 8.00. The average Bonchev–Trinajstić information content (AvgIpc) is 3.25.